The molecule has 0 aliphatic heterocycles. The Hall–Kier alpha value is -1.58. The van der Waals surface area contributed by atoms with Gasteiger partial charge in [0.05, 0.1) is 22.6 Å². The lowest BCUT2D eigenvalue weighted by Gasteiger charge is -2.06. The third-order valence-corrected chi connectivity index (χ3v) is 1.90. The molecule has 0 aliphatic carbocycles. The van der Waals surface area contributed by atoms with Crippen molar-refractivity contribution in [3.8, 4) is 0 Å². The van der Waals surface area contributed by atoms with Gasteiger partial charge in [0.25, 0.3) is 0 Å². The fraction of sp³-hybridized carbons (Fsp3) is 0.333. The maximum Gasteiger partial charge on any atom is 0.337 e. The Morgan fingerprint density at radius 1 is 1.69 bits per heavy atom. The van der Waals surface area contributed by atoms with Gasteiger partial charge >= 0.3 is 5.97 Å². The van der Waals surface area contributed by atoms with Crippen molar-refractivity contribution in [2.75, 3.05) is 5.73 Å². The van der Waals surface area contributed by atoms with Crippen molar-refractivity contribution in [2.24, 2.45) is 0 Å². The summed E-state index contributed by atoms with van der Waals surface area (Å²) in [4.78, 5) is 14.9. The third kappa shape index (κ3) is 1.77. The van der Waals surface area contributed by atoms with Crippen LogP contribution in [0.3, 0.4) is 0 Å². The van der Waals surface area contributed by atoms with Crippen LogP contribution < -0.4 is 5.73 Å². The van der Waals surface area contributed by atoms with E-state index in [9.17, 15) is 4.79 Å². The Kier molecular flexibility index (Phi) is 2.51. The standard InChI is InChI=1S/C9H12N2O2/c1-3-8-6(9(12)13)4-7(10)5(2)11-8/h4H,3,10H2,1-2H3,(H,12,13). The van der Waals surface area contributed by atoms with Gasteiger partial charge in [-0.2, -0.15) is 0 Å². The normalized spacial score (nSPS) is 10.0. The molecule has 1 heterocycles. The molecule has 4 nitrogen and oxygen atoms in total. The predicted octanol–water partition coefficient (Wildman–Crippen LogP) is 1.23. The summed E-state index contributed by atoms with van der Waals surface area (Å²) in [7, 11) is 0. The van der Waals surface area contributed by atoms with Crippen molar-refractivity contribution in [2.45, 2.75) is 20.3 Å². The highest BCUT2D eigenvalue weighted by molar-refractivity contribution is 5.90. The molecule has 13 heavy (non-hydrogen) atoms. The first-order valence-electron chi connectivity index (χ1n) is 4.05. The molecule has 1 aromatic heterocycles. The highest BCUT2D eigenvalue weighted by atomic mass is 16.4. The smallest absolute Gasteiger partial charge is 0.337 e. The molecule has 4 heteroatoms. The highest BCUT2D eigenvalue weighted by Crippen LogP contribution is 2.15. The molecule has 0 aromatic carbocycles. The lowest BCUT2D eigenvalue weighted by molar-refractivity contribution is 0.0695. The Morgan fingerprint density at radius 3 is 2.77 bits per heavy atom. The molecule has 0 saturated carbocycles. The van der Waals surface area contributed by atoms with Crippen LogP contribution >= 0.6 is 0 Å². The SMILES string of the molecule is CCc1nc(C)c(N)cc1C(=O)O. The lowest BCUT2D eigenvalue weighted by atomic mass is 10.1. The second kappa shape index (κ2) is 3.43. The van der Waals surface area contributed by atoms with Crippen LogP contribution in [0.5, 0.6) is 0 Å². The summed E-state index contributed by atoms with van der Waals surface area (Å²) in [6.07, 6.45) is 0.600. The molecular formula is C9H12N2O2. The number of aromatic nitrogens is 1. The number of nitrogens with two attached hydrogens (primary N) is 1. The van der Waals surface area contributed by atoms with E-state index in [0.717, 1.165) is 0 Å². The number of rotatable bonds is 2. The van der Waals surface area contributed by atoms with E-state index in [1.165, 1.54) is 6.07 Å². The van der Waals surface area contributed by atoms with Crippen LogP contribution in [-0.4, -0.2) is 16.1 Å². The topological polar surface area (TPSA) is 76.2 Å². The molecule has 0 unspecified atom stereocenters. The summed E-state index contributed by atoms with van der Waals surface area (Å²) in [6, 6.07) is 1.46. The highest BCUT2D eigenvalue weighted by Gasteiger charge is 2.11. The fourth-order valence-electron chi connectivity index (χ4n) is 1.13. The van der Waals surface area contributed by atoms with Crippen LogP contribution in [0.2, 0.25) is 0 Å². The van der Waals surface area contributed by atoms with Crippen molar-refractivity contribution in [1.29, 1.82) is 0 Å². The molecule has 1 rings (SSSR count). The number of carbonyl (C=O) groups is 1. The molecule has 0 aliphatic rings. The molecule has 0 spiro atoms. The van der Waals surface area contributed by atoms with E-state index in [4.69, 9.17) is 10.8 Å². The molecular weight excluding hydrogens is 168 g/mol. The molecule has 1 aromatic rings. The maximum atomic E-state index is 10.7. The largest absolute Gasteiger partial charge is 0.478 e. The summed E-state index contributed by atoms with van der Waals surface area (Å²) < 4.78 is 0. The van der Waals surface area contributed by atoms with Crippen LogP contribution in [0.15, 0.2) is 6.07 Å². The molecule has 0 bridgehead atoms. The molecule has 0 radical (unpaired) electrons. The number of pyridine rings is 1. The van der Waals surface area contributed by atoms with Gasteiger partial charge in [0.2, 0.25) is 0 Å². The zero-order chi connectivity index (χ0) is 10.0. The average molecular weight is 180 g/mol. The third-order valence-electron chi connectivity index (χ3n) is 1.90. The Balaban J connectivity index is 3.33. The zero-order valence-electron chi connectivity index (χ0n) is 7.66. The first-order valence-corrected chi connectivity index (χ1v) is 4.05. The Morgan fingerprint density at radius 2 is 2.31 bits per heavy atom. The number of carboxylic acid groups (broad SMARTS) is 1. The van der Waals surface area contributed by atoms with Crippen molar-refractivity contribution in [3.05, 3.63) is 23.0 Å². The van der Waals surface area contributed by atoms with E-state index in [-0.39, 0.29) is 5.56 Å². The number of aromatic carboxylic acids is 1. The van der Waals surface area contributed by atoms with Gasteiger partial charge < -0.3 is 10.8 Å². The molecule has 70 valence electrons. The van der Waals surface area contributed by atoms with E-state index in [2.05, 4.69) is 4.98 Å². The summed E-state index contributed by atoms with van der Waals surface area (Å²) in [5, 5.41) is 8.82. The number of nitrogen functional groups attached to an aromatic ring is 1. The minimum absolute atomic E-state index is 0.200. The second-order valence-electron chi connectivity index (χ2n) is 2.82. The summed E-state index contributed by atoms with van der Waals surface area (Å²) in [5.74, 6) is -0.976. The van der Waals surface area contributed by atoms with Crippen molar-refractivity contribution >= 4 is 11.7 Å². The molecule has 0 atom stereocenters. The van der Waals surface area contributed by atoms with E-state index >= 15 is 0 Å². The maximum absolute atomic E-state index is 10.7. The number of aryl methyl sites for hydroxylation is 2. The summed E-state index contributed by atoms with van der Waals surface area (Å²) in [6.45, 7) is 3.63. The van der Waals surface area contributed by atoms with Crippen molar-refractivity contribution in [3.63, 3.8) is 0 Å². The number of anilines is 1. The van der Waals surface area contributed by atoms with Crippen LogP contribution in [0.25, 0.3) is 0 Å². The molecule has 3 N–H and O–H groups in total. The predicted molar refractivity (Wildman–Crippen MR) is 49.7 cm³/mol. The zero-order valence-corrected chi connectivity index (χ0v) is 7.66. The van der Waals surface area contributed by atoms with Gasteiger partial charge in [0, 0.05) is 0 Å². The average Bonchev–Trinajstić information content (AvgIpc) is 2.08. The first-order chi connectivity index (χ1) is 6.06. The monoisotopic (exact) mass is 180 g/mol. The number of hydrogen-bond acceptors (Lipinski definition) is 3. The van der Waals surface area contributed by atoms with Crippen LogP contribution in [0.1, 0.15) is 28.7 Å². The molecule has 0 fully saturated rings. The van der Waals surface area contributed by atoms with E-state index in [1.54, 1.807) is 6.92 Å². The van der Waals surface area contributed by atoms with Gasteiger partial charge in [-0.1, -0.05) is 6.92 Å². The number of nitrogens with zero attached hydrogens (tertiary/aromatic N) is 1. The fourth-order valence-corrected chi connectivity index (χ4v) is 1.13. The van der Waals surface area contributed by atoms with Crippen LogP contribution in [-0.2, 0) is 6.42 Å². The number of hydrogen-bond donors (Lipinski definition) is 2. The minimum Gasteiger partial charge on any atom is -0.478 e. The van der Waals surface area contributed by atoms with Crippen molar-refractivity contribution < 1.29 is 9.90 Å². The van der Waals surface area contributed by atoms with E-state index < -0.39 is 5.97 Å². The lowest BCUT2D eigenvalue weighted by Crippen LogP contribution is -2.07. The Labute approximate surface area is 76.4 Å². The first kappa shape index (κ1) is 9.51. The number of carboxylic acids is 1. The van der Waals surface area contributed by atoms with Crippen molar-refractivity contribution in [1.82, 2.24) is 4.98 Å². The minimum atomic E-state index is -0.976. The van der Waals surface area contributed by atoms with Gasteiger partial charge in [0.15, 0.2) is 0 Å². The summed E-state index contributed by atoms with van der Waals surface area (Å²) in [5.41, 5.74) is 7.45. The molecule has 0 saturated heterocycles. The molecule has 0 amide bonds. The van der Waals surface area contributed by atoms with Crippen LogP contribution in [0, 0.1) is 6.92 Å². The Bertz CT molecular complexity index is 348. The van der Waals surface area contributed by atoms with Crippen LogP contribution in [0.4, 0.5) is 5.69 Å². The summed E-state index contributed by atoms with van der Waals surface area (Å²) >= 11 is 0. The van der Waals surface area contributed by atoms with Gasteiger partial charge in [0.1, 0.15) is 0 Å². The van der Waals surface area contributed by atoms with Gasteiger partial charge in [-0.25, -0.2) is 4.79 Å². The quantitative estimate of drug-likeness (QED) is 0.717. The van der Waals surface area contributed by atoms with E-state index in [0.29, 0.717) is 23.5 Å². The van der Waals surface area contributed by atoms with Gasteiger partial charge in [-0.15, -0.1) is 0 Å². The van der Waals surface area contributed by atoms with Gasteiger partial charge in [-0.05, 0) is 19.4 Å². The second-order valence-corrected chi connectivity index (χ2v) is 2.82. The van der Waals surface area contributed by atoms with Gasteiger partial charge in [-0.3, -0.25) is 4.98 Å². The van der Waals surface area contributed by atoms with E-state index in [1.807, 2.05) is 6.92 Å².